The second-order valence-electron chi connectivity index (χ2n) is 3.42. The van der Waals surface area contributed by atoms with Gasteiger partial charge in [0.15, 0.2) is 0 Å². The molecule has 0 saturated heterocycles. The SMILES string of the molecule is COCCCOCCOCCCCC(=O)O. The average Bonchev–Trinajstić information content (AvgIpc) is 2.25. The predicted octanol–water partition coefficient (Wildman–Crippen LogP) is 1.31. The monoisotopic (exact) mass is 234 g/mol. The summed E-state index contributed by atoms with van der Waals surface area (Å²) in [5.74, 6) is -0.749. The number of unbranched alkanes of at least 4 members (excludes halogenated alkanes) is 1. The van der Waals surface area contributed by atoms with E-state index in [1.165, 1.54) is 0 Å². The molecule has 0 aromatic heterocycles. The zero-order valence-electron chi connectivity index (χ0n) is 9.94. The lowest BCUT2D eigenvalue weighted by Crippen LogP contribution is -2.07. The Morgan fingerprint density at radius 2 is 1.56 bits per heavy atom. The highest BCUT2D eigenvalue weighted by Crippen LogP contribution is 1.95. The topological polar surface area (TPSA) is 65.0 Å². The highest BCUT2D eigenvalue weighted by atomic mass is 16.5. The van der Waals surface area contributed by atoms with Gasteiger partial charge in [-0.25, -0.2) is 0 Å². The molecule has 0 saturated carbocycles. The minimum atomic E-state index is -0.749. The molecule has 0 rings (SSSR count). The van der Waals surface area contributed by atoms with Crippen molar-refractivity contribution < 1.29 is 24.1 Å². The number of methoxy groups -OCH3 is 1. The summed E-state index contributed by atoms with van der Waals surface area (Å²) in [6.45, 7) is 3.17. The molecule has 0 heterocycles. The van der Waals surface area contributed by atoms with E-state index >= 15 is 0 Å². The molecule has 0 fully saturated rings. The first-order chi connectivity index (χ1) is 7.77. The quantitative estimate of drug-likeness (QED) is 0.516. The minimum absolute atomic E-state index is 0.219. The van der Waals surface area contributed by atoms with Gasteiger partial charge in [-0.3, -0.25) is 4.79 Å². The van der Waals surface area contributed by atoms with Crippen LogP contribution in [-0.4, -0.2) is 51.2 Å². The average molecular weight is 234 g/mol. The molecule has 0 spiro atoms. The predicted molar refractivity (Wildman–Crippen MR) is 59.6 cm³/mol. The smallest absolute Gasteiger partial charge is 0.303 e. The summed E-state index contributed by atoms with van der Waals surface area (Å²) in [5, 5.41) is 8.39. The molecule has 0 atom stereocenters. The Bertz CT molecular complexity index is 160. The van der Waals surface area contributed by atoms with Crippen molar-refractivity contribution in [3.63, 3.8) is 0 Å². The van der Waals surface area contributed by atoms with Crippen molar-refractivity contribution in [2.45, 2.75) is 25.7 Å². The maximum atomic E-state index is 10.2. The first-order valence-corrected chi connectivity index (χ1v) is 5.63. The van der Waals surface area contributed by atoms with E-state index in [1.54, 1.807) is 7.11 Å². The molecule has 1 N–H and O–H groups in total. The normalized spacial score (nSPS) is 10.6. The van der Waals surface area contributed by atoms with Gasteiger partial charge in [0, 0.05) is 33.4 Å². The number of rotatable bonds is 12. The Balaban J connectivity index is 2.90. The van der Waals surface area contributed by atoms with Gasteiger partial charge in [-0.15, -0.1) is 0 Å². The zero-order valence-corrected chi connectivity index (χ0v) is 9.94. The van der Waals surface area contributed by atoms with Gasteiger partial charge in [0.1, 0.15) is 0 Å². The summed E-state index contributed by atoms with van der Waals surface area (Å²) in [7, 11) is 1.67. The minimum Gasteiger partial charge on any atom is -0.481 e. The fourth-order valence-electron chi connectivity index (χ4n) is 1.11. The second-order valence-corrected chi connectivity index (χ2v) is 3.42. The van der Waals surface area contributed by atoms with Crippen molar-refractivity contribution in [1.29, 1.82) is 0 Å². The lowest BCUT2D eigenvalue weighted by molar-refractivity contribution is -0.137. The van der Waals surface area contributed by atoms with Gasteiger partial charge in [0.25, 0.3) is 0 Å². The van der Waals surface area contributed by atoms with Gasteiger partial charge in [0.05, 0.1) is 13.2 Å². The van der Waals surface area contributed by atoms with Gasteiger partial charge in [-0.2, -0.15) is 0 Å². The largest absolute Gasteiger partial charge is 0.481 e. The molecular formula is C11H22O5. The number of carboxylic acid groups (broad SMARTS) is 1. The van der Waals surface area contributed by atoms with Crippen LogP contribution in [-0.2, 0) is 19.0 Å². The van der Waals surface area contributed by atoms with Crippen molar-refractivity contribution >= 4 is 5.97 Å². The van der Waals surface area contributed by atoms with Crippen LogP contribution in [0.15, 0.2) is 0 Å². The summed E-state index contributed by atoms with van der Waals surface area (Å²) in [6.07, 6.45) is 2.58. The van der Waals surface area contributed by atoms with Gasteiger partial charge in [-0.05, 0) is 19.3 Å². The Morgan fingerprint density at radius 1 is 0.938 bits per heavy atom. The van der Waals surface area contributed by atoms with E-state index in [9.17, 15) is 4.79 Å². The van der Waals surface area contributed by atoms with E-state index < -0.39 is 5.97 Å². The Kier molecular flexibility index (Phi) is 11.9. The molecule has 5 nitrogen and oxygen atoms in total. The maximum Gasteiger partial charge on any atom is 0.303 e. The molecule has 0 amide bonds. The van der Waals surface area contributed by atoms with Crippen molar-refractivity contribution in [3.8, 4) is 0 Å². The summed E-state index contributed by atoms with van der Waals surface area (Å²) >= 11 is 0. The summed E-state index contributed by atoms with van der Waals surface area (Å²) in [6, 6.07) is 0. The number of hydrogen-bond acceptors (Lipinski definition) is 4. The van der Waals surface area contributed by atoms with E-state index in [2.05, 4.69) is 0 Å². The molecule has 0 aromatic carbocycles. The molecule has 0 radical (unpaired) electrons. The molecule has 0 aliphatic rings. The fraction of sp³-hybridized carbons (Fsp3) is 0.909. The van der Waals surface area contributed by atoms with Crippen molar-refractivity contribution in [2.75, 3.05) is 40.1 Å². The van der Waals surface area contributed by atoms with Crippen LogP contribution in [0.3, 0.4) is 0 Å². The molecular weight excluding hydrogens is 212 g/mol. The first-order valence-electron chi connectivity index (χ1n) is 5.63. The summed E-state index contributed by atoms with van der Waals surface area (Å²) in [4.78, 5) is 10.2. The second kappa shape index (κ2) is 12.4. The summed E-state index contributed by atoms with van der Waals surface area (Å²) in [5.41, 5.74) is 0. The van der Waals surface area contributed by atoms with Gasteiger partial charge < -0.3 is 19.3 Å². The van der Waals surface area contributed by atoms with E-state index in [-0.39, 0.29) is 6.42 Å². The standard InChI is InChI=1S/C11H22O5/c1-14-6-4-8-16-10-9-15-7-3-2-5-11(12)13/h2-10H2,1H3,(H,12,13). The van der Waals surface area contributed by atoms with Gasteiger partial charge in [-0.1, -0.05) is 0 Å². The molecule has 0 aliphatic carbocycles. The Labute approximate surface area is 96.7 Å². The number of hydrogen-bond donors (Lipinski definition) is 1. The first kappa shape index (κ1) is 15.3. The van der Waals surface area contributed by atoms with E-state index in [0.717, 1.165) is 19.4 Å². The number of carbonyl (C=O) groups is 1. The highest BCUT2D eigenvalue weighted by Gasteiger charge is 1.96. The van der Waals surface area contributed by atoms with E-state index in [0.29, 0.717) is 32.8 Å². The third kappa shape index (κ3) is 13.4. The van der Waals surface area contributed by atoms with Crippen LogP contribution in [0.2, 0.25) is 0 Å². The van der Waals surface area contributed by atoms with Crippen LogP contribution in [0.5, 0.6) is 0 Å². The van der Waals surface area contributed by atoms with Crippen molar-refractivity contribution in [2.24, 2.45) is 0 Å². The molecule has 0 unspecified atom stereocenters. The van der Waals surface area contributed by atoms with E-state index in [1.807, 2.05) is 0 Å². The molecule has 0 aliphatic heterocycles. The van der Waals surface area contributed by atoms with Crippen LogP contribution in [0.25, 0.3) is 0 Å². The zero-order chi connectivity index (χ0) is 12.1. The number of carboxylic acids is 1. The fourth-order valence-corrected chi connectivity index (χ4v) is 1.11. The van der Waals surface area contributed by atoms with Gasteiger partial charge >= 0.3 is 5.97 Å². The lowest BCUT2D eigenvalue weighted by Gasteiger charge is -2.05. The Hall–Kier alpha value is -0.650. The van der Waals surface area contributed by atoms with Crippen LogP contribution in [0.4, 0.5) is 0 Å². The van der Waals surface area contributed by atoms with Crippen LogP contribution in [0.1, 0.15) is 25.7 Å². The lowest BCUT2D eigenvalue weighted by atomic mass is 10.2. The summed E-state index contributed by atoms with van der Waals surface area (Å²) < 4.78 is 15.4. The van der Waals surface area contributed by atoms with Crippen molar-refractivity contribution in [1.82, 2.24) is 0 Å². The maximum absolute atomic E-state index is 10.2. The number of ether oxygens (including phenoxy) is 3. The Morgan fingerprint density at radius 3 is 2.12 bits per heavy atom. The molecule has 16 heavy (non-hydrogen) atoms. The van der Waals surface area contributed by atoms with Crippen LogP contribution < -0.4 is 0 Å². The third-order valence-corrected chi connectivity index (χ3v) is 1.94. The molecule has 0 aromatic rings. The van der Waals surface area contributed by atoms with E-state index in [4.69, 9.17) is 19.3 Å². The van der Waals surface area contributed by atoms with Crippen molar-refractivity contribution in [3.05, 3.63) is 0 Å². The molecule has 96 valence electrons. The molecule has 0 bridgehead atoms. The third-order valence-electron chi connectivity index (χ3n) is 1.94. The van der Waals surface area contributed by atoms with Gasteiger partial charge in [0.2, 0.25) is 0 Å². The highest BCUT2D eigenvalue weighted by molar-refractivity contribution is 5.66. The van der Waals surface area contributed by atoms with Crippen LogP contribution in [0, 0.1) is 0 Å². The number of aliphatic carboxylic acids is 1. The molecule has 5 heteroatoms. The van der Waals surface area contributed by atoms with Crippen LogP contribution >= 0.6 is 0 Å².